The largest absolute Gasteiger partial charge is 0.658 e. The number of hydrogen-bond acceptors (Lipinski definition) is 6. The van der Waals surface area contributed by atoms with E-state index >= 15 is 0 Å². The summed E-state index contributed by atoms with van der Waals surface area (Å²) in [6.45, 7) is 0. The Hall–Kier alpha value is -2.70. The zero-order valence-electron chi connectivity index (χ0n) is 13.5. The molecule has 0 atom stereocenters. The molecule has 7 heteroatoms. The average molecular weight is 317 g/mol. The SMILES string of the molecule is COc1cccc(OC)c1O[B]Oc1c(OC)cccc1OC. The minimum atomic E-state index is 0.409. The van der Waals surface area contributed by atoms with Crippen LogP contribution < -0.4 is 28.3 Å². The van der Waals surface area contributed by atoms with Crippen LogP contribution in [0.4, 0.5) is 0 Å². The van der Waals surface area contributed by atoms with Gasteiger partial charge in [0.2, 0.25) is 0 Å². The van der Waals surface area contributed by atoms with Gasteiger partial charge in [0, 0.05) is 0 Å². The van der Waals surface area contributed by atoms with E-state index in [-0.39, 0.29) is 0 Å². The molecule has 0 saturated carbocycles. The lowest BCUT2D eigenvalue weighted by Crippen LogP contribution is -2.13. The van der Waals surface area contributed by atoms with E-state index in [0.717, 1.165) is 0 Å². The number of hydrogen-bond donors (Lipinski definition) is 0. The third-order valence-corrected chi connectivity index (χ3v) is 3.10. The van der Waals surface area contributed by atoms with Crippen molar-refractivity contribution in [1.82, 2.24) is 0 Å². The zero-order chi connectivity index (χ0) is 16.7. The Balaban J connectivity index is 2.15. The lowest BCUT2D eigenvalue weighted by molar-refractivity contribution is 0.337. The van der Waals surface area contributed by atoms with Crippen molar-refractivity contribution in [3.8, 4) is 34.5 Å². The second-order valence-corrected chi connectivity index (χ2v) is 4.32. The van der Waals surface area contributed by atoms with Gasteiger partial charge in [0.25, 0.3) is 0 Å². The Kier molecular flexibility index (Phi) is 5.85. The van der Waals surface area contributed by atoms with Crippen LogP contribution in [-0.4, -0.2) is 36.1 Å². The van der Waals surface area contributed by atoms with Gasteiger partial charge in [-0.15, -0.1) is 0 Å². The molecular formula is C16H18BO6. The average Bonchev–Trinajstić information content (AvgIpc) is 2.61. The van der Waals surface area contributed by atoms with E-state index in [9.17, 15) is 0 Å². The predicted molar refractivity (Wildman–Crippen MR) is 86.1 cm³/mol. The summed E-state index contributed by atoms with van der Waals surface area (Å²) in [5.41, 5.74) is 0. The van der Waals surface area contributed by atoms with Gasteiger partial charge in [0.15, 0.2) is 34.5 Å². The van der Waals surface area contributed by atoms with Gasteiger partial charge in [0.1, 0.15) is 0 Å². The van der Waals surface area contributed by atoms with Crippen LogP contribution in [0.1, 0.15) is 0 Å². The minimum absolute atomic E-state index is 0.409. The number of rotatable bonds is 8. The second-order valence-electron chi connectivity index (χ2n) is 4.32. The zero-order valence-corrected chi connectivity index (χ0v) is 13.5. The molecule has 23 heavy (non-hydrogen) atoms. The first-order valence-electron chi connectivity index (χ1n) is 6.82. The van der Waals surface area contributed by atoms with Gasteiger partial charge in [-0.25, -0.2) is 0 Å². The summed E-state index contributed by atoms with van der Waals surface area (Å²) in [5.74, 6) is 2.91. The van der Waals surface area contributed by atoms with Crippen molar-refractivity contribution in [2.75, 3.05) is 28.4 Å². The summed E-state index contributed by atoms with van der Waals surface area (Å²) in [5, 5.41) is 0. The van der Waals surface area contributed by atoms with Crippen LogP contribution in [0, 0.1) is 0 Å². The van der Waals surface area contributed by atoms with Crippen molar-refractivity contribution in [3.63, 3.8) is 0 Å². The van der Waals surface area contributed by atoms with E-state index in [0.29, 0.717) is 34.5 Å². The maximum Gasteiger partial charge on any atom is 0.658 e. The molecule has 2 rings (SSSR count). The molecule has 2 aromatic rings. The van der Waals surface area contributed by atoms with Crippen LogP contribution in [0.2, 0.25) is 0 Å². The van der Waals surface area contributed by atoms with Crippen LogP contribution in [-0.2, 0) is 0 Å². The van der Waals surface area contributed by atoms with Gasteiger partial charge in [-0.1, -0.05) is 12.1 Å². The summed E-state index contributed by atoms with van der Waals surface area (Å²) < 4.78 is 32.1. The molecule has 0 saturated heterocycles. The first-order chi connectivity index (χ1) is 11.2. The Labute approximate surface area is 136 Å². The van der Waals surface area contributed by atoms with Gasteiger partial charge in [-0.3, -0.25) is 0 Å². The van der Waals surface area contributed by atoms with Gasteiger partial charge in [0.05, 0.1) is 28.4 Å². The van der Waals surface area contributed by atoms with Gasteiger partial charge in [-0.2, -0.15) is 0 Å². The lowest BCUT2D eigenvalue weighted by atomic mass is 10.2. The molecular weight excluding hydrogens is 299 g/mol. The summed E-state index contributed by atoms with van der Waals surface area (Å²) >= 11 is 0. The van der Waals surface area contributed by atoms with E-state index in [4.69, 9.17) is 28.3 Å². The molecule has 0 fully saturated rings. The fraction of sp³-hybridized carbons (Fsp3) is 0.250. The Morgan fingerprint density at radius 2 is 0.870 bits per heavy atom. The molecule has 0 aliphatic heterocycles. The number of ether oxygens (including phenoxy) is 4. The van der Waals surface area contributed by atoms with Crippen LogP contribution in [0.25, 0.3) is 0 Å². The van der Waals surface area contributed by atoms with Crippen molar-refractivity contribution in [2.24, 2.45) is 0 Å². The predicted octanol–water partition coefficient (Wildman–Crippen LogP) is 2.71. The molecule has 0 amide bonds. The van der Waals surface area contributed by atoms with Crippen molar-refractivity contribution in [2.45, 2.75) is 0 Å². The third-order valence-electron chi connectivity index (χ3n) is 3.10. The first-order valence-corrected chi connectivity index (χ1v) is 6.82. The maximum absolute atomic E-state index is 5.54. The third kappa shape index (κ3) is 3.74. The van der Waals surface area contributed by atoms with Gasteiger partial charge in [-0.05, 0) is 24.3 Å². The van der Waals surface area contributed by atoms with Crippen molar-refractivity contribution in [1.29, 1.82) is 0 Å². The molecule has 0 N–H and O–H groups in total. The second kappa shape index (κ2) is 8.07. The Morgan fingerprint density at radius 3 is 1.13 bits per heavy atom. The fourth-order valence-corrected chi connectivity index (χ4v) is 1.99. The molecule has 0 heterocycles. The molecule has 0 aliphatic carbocycles. The van der Waals surface area contributed by atoms with Crippen LogP contribution in [0.15, 0.2) is 36.4 Å². The Bertz CT molecular complexity index is 546. The molecule has 0 unspecified atom stereocenters. The topological polar surface area (TPSA) is 55.4 Å². The van der Waals surface area contributed by atoms with Crippen molar-refractivity contribution in [3.05, 3.63) is 36.4 Å². The van der Waals surface area contributed by atoms with E-state index in [1.54, 1.807) is 64.8 Å². The van der Waals surface area contributed by atoms with Gasteiger partial charge >= 0.3 is 7.69 Å². The highest BCUT2D eigenvalue weighted by Gasteiger charge is 2.17. The number of benzene rings is 2. The van der Waals surface area contributed by atoms with E-state index in [1.807, 2.05) is 0 Å². The molecule has 121 valence electrons. The Morgan fingerprint density at radius 1 is 0.565 bits per heavy atom. The summed E-state index contributed by atoms with van der Waals surface area (Å²) in [6, 6.07) is 10.6. The fourth-order valence-electron chi connectivity index (χ4n) is 1.99. The van der Waals surface area contributed by atoms with Crippen LogP contribution in [0.3, 0.4) is 0 Å². The number of methoxy groups -OCH3 is 4. The summed E-state index contributed by atoms with van der Waals surface area (Å²) in [4.78, 5) is 0. The van der Waals surface area contributed by atoms with Crippen molar-refractivity contribution < 1.29 is 28.3 Å². The number of para-hydroxylation sites is 2. The van der Waals surface area contributed by atoms with Crippen LogP contribution in [0.5, 0.6) is 34.5 Å². The minimum Gasteiger partial charge on any atom is -0.521 e. The smallest absolute Gasteiger partial charge is 0.521 e. The van der Waals surface area contributed by atoms with Gasteiger partial charge < -0.3 is 28.3 Å². The molecule has 0 spiro atoms. The standard InChI is InChI=1S/C16H18BO6/c1-18-11-7-5-8-12(19-2)15(11)22-17-23-16-13(20-3)9-6-10-14(16)21-4/h5-10H,1-4H3. The maximum atomic E-state index is 5.54. The molecule has 0 bridgehead atoms. The lowest BCUT2D eigenvalue weighted by Gasteiger charge is -2.16. The van der Waals surface area contributed by atoms with E-state index in [1.165, 1.54) is 7.69 Å². The van der Waals surface area contributed by atoms with Crippen LogP contribution >= 0.6 is 0 Å². The van der Waals surface area contributed by atoms with Crippen molar-refractivity contribution >= 4 is 7.69 Å². The molecule has 6 nitrogen and oxygen atoms in total. The molecule has 1 radical (unpaired) electrons. The monoisotopic (exact) mass is 317 g/mol. The highest BCUT2D eigenvalue weighted by atomic mass is 16.6. The highest BCUT2D eigenvalue weighted by molar-refractivity contribution is 6.21. The molecule has 2 aromatic carbocycles. The normalized spacial score (nSPS) is 9.74. The van der Waals surface area contributed by atoms with E-state index < -0.39 is 0 Å². The molecule has 0 aliphatic rings. The first kappa shape index (κ1) is 16.7. The van der Waals surface area contributed by atoms with E-state index in [2.05, 4.69) is 0 Å². The quantitative estimate of drug-likeness (QED) is 0.698. The highest BCUT2D eigenvalue weighted by Crippen LogP contribution is 2.38. The summed E-state index contributed by atoms with van der Waals surface area (Å²) in [7, 11) is 7.36. The molecule has 0 aromatic heterocycles. The summed E-state index contributed by atoms with van der Waals surface area (Å²) in [6.07, 6.45) is 0.